The zero-order valence-electron chi connectivity index (χ0n) is 14.8. The number of hydrogen-bond donors (Lipinski definition) is 0. The van der Waals surface area contributed by atoms with Crippen LogP contribution in [0, 0.1) is 11.2 Å². The Morgan fingerprint density at radius 3 is 2.37 bits per heavy atom. The predicted octanol–water partition coefficient (Wildman–Crippen LogP) is 3.39. The number of sulfone groups is 1. The van der Waals surface area contributed by atoms with Crippen molar-refractivity contribution in [1.29, 1.82) is 0 Å². The first-order chi connectivity index (χ1) is 12.6. The summed E-state index contributed by atoms with van der Waals surface area (Å²) in [5.41, 5.74) is -0.990. The SMILES string of the molecule is O=S1(=O)CC2(CCN(C3CCC(c4cnc(C(F)(F)F)c(F)c4)CC3)C2)C1. The summed E-state index contributed by atoms with van der Waals surface area (Å²) in [4.78, 5) is 5.68. The fraction of sp³-hybridized carbons (Fsp3) is 0.722. The van der Waals surface area contributed by atoms with E-state index in [-0.39, 0.29) is 11.3 Å². The second kappa shape index (κ2) is 6.40. The Morgan fingerprint density at radius 1 is 1.15 bits per heavy atom. The smallest absolute Gasteiger partial charge is 0.300 e. The van der Waals surface area contributed by atoms with Gasteiger partial charge in [0.15, 0.2) is 21.3 Å². The van der Waals surface area contributed by atoms with Crippen molar-refractivity contribution in [3.05, 3.63) is 29.3 Å². The fourth-order valence-corrected chi connectivity index (χ4v) is 7.32. The molecule has 0 N–H and O–H groups in total. The van der Waals surface area contributed by atoms with Crippen molar-refractivity contribution in [2.75, 3.05) is 24.6 Å². The Kier molecular flexibility index (Phi) is 4.53. The van der Waals surface area contributed by atoms with Crippen LogP contribution in [0.5, 0.6) is 0 Å². The highest BCUT2D eigenvalue weighted by Gasteiger charge is 2.53. The Bertz CT molecular complexity index is 820. The van der Waals surface area contributed by atoms with Crippen molar-refractivity contribution in [2.24, 2.45) is 5.41 Å². The number of halogens is 4. The summed E-state index contributed by atoms with van der Waals surface area (Å²) in [5, 5.41) is 0. The molecule has 4 nitrogen and oxygen atoms in total. The van der Waals surface area contributed by atoms with Gasteiger partial charge in [-0.25, -0.2) is 17.8 Å². The highest BCUT2D eigenvalue weighted by molar-refractivity contribution is 7.92. The quantitative estimate of drug-likeness (QED) is 0.707. The maximum Gasteiger partial charge on any atom is 0.436 e. The predicted molar refractivity (Wildman–Crippen MR) is 91.5 cm³/mol. The van der Waals surface area contributed by atoms with Crippen LogP contribution in [-0.4, -0.2) is 48.9 Å². The molecular formula is C18H22F4N2O2S. The van der Waals surface area contributed by atoms with Crippen LogP contribution in [0.15, 0.2) is 12.3 Å². The summed E-state index contributed by atoms with van der Waals surface area (Å²) >= 11 is 0. The van der Waals surface area contributed by atoms with Crippen LogP contribution >= 0.6 is 0 Å². The molecule has 3 heterocycles. The number of nitrogens with zero attached hydrogens (tertiary/aromatic N) is 2. The highest BCUT2D eigenvalue weighted by Crippen LogP contribution is 2.44. The first-order valence-corrected chi connectivity index (χ1v) is 11.1. The van der Waals surface area contributed by atoms with Gasteiger partial charge in [-0.2, -0.15) is 13.2 Å². The van der Waals surface area contributed by atoms with E-state index in [1.54, 1.807) is 0 Å². The Morgan fingerprint density at radius 2 is 1.81 bits per heavy atom. The zero-order valence-corrected chi connectivity index (χ0v) is 15.6. The van der Waals surface area contributed by atoms with Crippen molar-refractivity contribution in [3.63, 3.8) is 0 Å². The van der Waals surface area contributed by atoms with Gasteiger partial charge in [-0.05, 0) is 56.2 Å². The summed E-state index contributed by atoms with van der Waals surface area (Å²) in [6, 6.07) is 1.35. The molecule has 3 fully saturated rings. The van der Waals surface area contributed by atoms with E-state index < -0.39 is 27.5 Å². The average Bonchev–Trinajstić information content (AvgIpc) is 2.97. The number of rotatable bonds is 2. The number of alkyl halides is 3. The average molecular weight is 406 g/mol. The third kappa shape index (κ3) is 3.72. The normalized spacial score (nSPS) is 30.4. The van der Waals surface area contributed by atoms with E-state index in [0.29, 0.717) is 23.1 Å². The van der Waals surface area contributed by atoms with Gasteiger partial charge in [0, 0.05) is 24.2 Å². The molecule has 9 heteroatoms. The molecule has 0 radical (unpaired) electrons. The first-order valence-electron chi connectivity index (χ1n) is 9.24. The zero-order chi connectivity index (χ0) is 19.4. The summed E-state index contributed by atoms with van der Waals surface area (Å²) in [7, 11) is -2.84. The minimum absolute atomic E-state index is 0.0196. The Hall–Kier alpha value is -1.22. The lowest BCUT2D eigenvalue weighted by Gasteiger charge is -2.40. The van der Waals surface area contributed by atoms with E-state index in [9.17, 15) is 26.0 Å². The largest absolute Gasteiger partial charge is 0.436 e. The van der Waals surface area contributed by atoms with Crippen molar-refractivity contribution in [1.82, 2.24) is 9.88 Å². The molecule has 0 bridgehead atoms. The van der Waals surface area contributed by atoms with Crippen LogP contribution in [0.3, 0.4) is 0 Å². The molecule has 0 unspecified atom stereocenters. The maximum atomic E-state index is 13.8. The summed E-state index contributed by atoms with van der Waals surface area (Å²) in [6.07, 6.45) is 0.617. The van der Waals surface area contributed by atoms with Crippen LogP contribution in [-0.2, 0) is 16.0 Å². The minimum Gasteiger partial charge on any atom is -0.300 e. The fourth-order valence-electron chi connectivity index (χ4n) is 5.07. The lowest BCUT2D eigenvalue weighted by molar-refractivity contribution is -0.143. The molecular weight excluding hydrogens is 384 g/mol. The van der Waals surface area contributed by atoms with Crippen LogP contribution in [0.2, 0.25) is 0 Å². The first kappa shape index (κ1) is 19.1. The molecule has 0 aromatic carbocycles. The molecule has 0 amide bonds. The van der Waals surface area contributed by atoms with Gasteiger partial charge < -0.3 is 0 Å². The molecule has 1 saturated carbocycles. The van der Waals surface area contributed by atoms with Gasteiger partial charge in [0.1, 0.15) is 0 Å². The molecule has 27 heavy (non-hydrogen) atoms. The van der Waals surface area contributed by atoms with Gasteiger partial charge in [-0.15, -0.1) is 0 Å². The molecule has 3 aliphatic rings. The molecule has 1 aromatic rings. The number of likely N-dealkylation sites (tertiary alicyclic amines) is 1. The van der Waals surface area contributed by atoms with Gasteiger partial charge in [0.05, 0.1) is 11.5 Å². The van der Waals surface area contributed by atoms with E-state index >= 15 is 0 Å². The molecule has 150 valence electrons. The third-order valence-corrected chi connectivity index (χ3v) is 8.44. The summed E-state index contributed by atoms with van der Waals surface area (Å²) < 4.78 is 74.8. The van der Waals surface area contributed by atoms with Gasteiger partial charge in [0.25, 0.3) is 0 Å². The van der Waals surface area contributed by atoms with Crippen LogP contribution in [0.1, 0.15) is 49.3 Å². The van der Waals surface area contributed by atoms with Crippen molar-refractivity contribution < 1.29 is 26.0 Å². The molecule has 2 aliphatic heterocycles. The molecule has 1 aliphatic carbocycles. The molecule has 0 atom stereocenters. The van der Waals surface area contributed by atoms with Gasteiger partial charge in [-0.1, -0.05) is 0 Å². The monoisotopic (exact) mass is 406 g/mol. The lowest BCUT2D eigenvalue weighted by Crippen LogP contribution is -2.51. The van der Waals surface area contributed by atoms with Crippen molar-refractivity contribution in [3.8, 4) is 0 Å². The second-order valence-corrected chi connectivity index (χ2v) is 10.4. The highest BCUT2D eigenvalue weighted by atomic mass is 32.2. The lowest BCUT2D eigenvalue weighted by atomic mass is 9.81. The number of pyridine rings is 1. The summed E-state index contributed by atoms with van der Waals surface area (Å²) in [5.74, 6) is -0.703. The van der Waals surface area contributed by atoms with E-state index in [1.165, 1.54) is 0 Å². The molecule has 1 aromatic heterocycles. The second-order valence-electron chi connectivity index (χ2n) is 8.36. The third-order valence-electron chi connectivity index (χ3n) is 6.34. The van der Waals surface area contributed by atoms with Gasteiger partial charge in [0.2, 0.25) is 0 Å². The van der Waals surface area contributed by atoms with Gasteiger partial charge >= 0.3 is 6.18 Å². The molecule has 4 rings (SSSR count). The van der Waals surface area contributed by atoms with Crippen molar-refractivity contribution >= 4 is 9.84 Å². The van der Waals surface area contributed by atoms with Crippen LogP contribution in [0.4, 0.5) is 17.6 Å². The van der Waals surface area contributed by atoms with E-state index in [4.69, 9.17) is 0 Å². The number of aromatic nitrogens is 1. The topological polar surface area (TPSA) is 50.3 Å². The maximum absolute atomic E-state index is 13.8. The minimum atomic E-state index is -4.78. The molecule has 2 saturated heterocycles. The standard InChI is InChI=1S/C18H22F4N2O2S/c19-15-7-13(8-23-16(15)18(20,21)22)12-1-3-14(4-2-12)24-6-5-17(9-24)10-27(25,26)11-17/h7-8,12,14H,1-6,9-11H2. The van der Waals surface area contributed by atoms with Crippen LogP contribution < -0.4 is 0 Å². The number of hydrogen-bond acceptors (Lipinski definition) is 4. The van der Waals surface area contributed by atoms with Gasteiger partial charge in [-0.3, -0.25) is 4.90 Å². The van der Waals surface area contributed by atoms with E-state index in [0.717, 1.165) is 57.5 Å². The Labute approximate surface area is 155 Å². The van der Waals surface area contributed by atoms with Crippen LogP contribution in [0.25, 0.3) is 0 Å². The van der Waals surface area contributed by atoms with E-state index in [1.807, 2.05) is 0 Å². The Balaban J connectivity index is 1.35. The summed E-state index contributed by atoms with van der Waals surface area (Å²) in [6.45, 7) is 1.72. The van der Waals surface area contributed by atoms with Crippen molar-refractivity contribution in [2.45, 2.75) is 50.2 Å². The molecule has 1 spiro atoms. The van der Waals surface area contributed by atoms with E-state index in [2.05, 4.69) is 9.88 Å².